The number of halogens is 1. The minimum absolute atomic E-state index is 0.646. The molecule has 0 N–H and O–H groups in total. The third-order valence-electron chi connectivity index (χ3n) is 1.32. The van der Waals surface area contributed by atoms with E-state index in [9.17, 15) is 5.21 Å². The van der Waals surface area contributed by atoms with Crippen LogP contribution in [0.3, 0.4) is 0 Å². The minimum atomic E-state index is 0.646. The summed E-state index contributed by atoms with van der Waals surface area (Å²) in [6.45, 7) is 3.59. The zero-order valence-electron chi connectivity index (χ0n) is 5.76. The predicted molar refractivity (Wildman–Crippen MR) is 40.4 cm³/mol. The van der Waals surface area contributed by atoms with Gasteiger partial charge >= 0.3 is 0 Å². The van der Waals surface area contributed by atoms with Crippen molar-refractivity contribution in [3.05, 3.63) is 27.4 Å². The summed E-state index contributed by atoms with van der Waals surface area (Å²) in [7, 11) is 0. The van der Waals surface area contributed by atoms with Crippen molar-refractivity contribution in [3.63, 3.8) is 0 Å². The number of rotatable bonds is 0. The smallest absolute Gasteiger partial charge is 0.289 e. The van der Waals surface area contributed by atoms with Gasteiger partial charge in [-0.3, -0.25) is 0 Å². The Balaban J connectivity index is 3.34. The molecular weight excluding hydrogens is 196 g/mol. The van der Waals surface area contributed by atoms with Crippen molar-refractivity contribution in [1.82, 2.24) is 4.98 Å². The predicted octanol–water partition coefficient (Wildman–Crippen LogP) is 1.09. The molecule has 0 atom stereocenters. The largest absolute Gasteiger partial charge is 0.711 e. The molecule has 0 unspecified atom stereocenters. The summed E-state index contributed by atoms with van der Waals surface area (Å²) in [6, 6.07) is 0. The molecule has 1 heterocycles. The van der Waals surface area contributed by atoms with Crippen LogP contribution in [0.1, 0.15) is 11.4 Å². The first-order valence-corrected chi connectivity index (χ1v) is 3.63. The van der Waals surface area contributed by atoms with Gasteiger partial charge in [-0.2, -0.15) is 0 Å². The van der Waals surface area contributed by atoms with Gasteiger partial charge in [0.05, 0.1) is 0 Å². The molecule has 3 nitrogen and oxygen atoms in total. The summed E-state index contributed by atoms with van der Waals surface area (Å²) in [6.07, 6.45) is 1.26. The summed E-state index contributed by atoms with van der Waals surface area (Å²) in [5.74, 6) is 0. The Morgan fingerprint density at radius 2 is 2.20 bits per heavy atom. The molecule has 1 aromatic rings. The monoisotopic (exact) mass is 202 g/mol. The van der Waals surface area contributed by atoms with Crippen molar-refractivity contribution < 1.29 is 4.73 Å². The molecule has 0 amide bonds. The Morgan fingerprint density at radius 1 is 1.60 bits per heavy atom. The second-order valence-electron chi connectivity index (χ2n) is 2.06. The first kappa shape index (κ1) is 7.47. The number of hydrogen-bond donors (Lipinski definition) is 0. The van der Waals surface area contributed by atoms with Gasteiger partial charge in [-0.05, 0) is 22.9 Å². The van der Waals surface area contributed by atoms with E-state index in [2.05, 4.69) is 20.9 Å². The summed E-state index contributed by atoms with van der Waals surface area (Å²) in [5, 5.41) is 10.8. The van der Waals surface area contributed by atoms with E-state index in [-0.39, 0.29) is 0 Å². The van der Waals surface area contributed by atoms with E-state index in [0.717, 1.165) is 14.9 Å². The highest BCUT2D eigenvalue weighted by Gasteiger charge is 2.06. The van der Waals surface area contributed by atoms with Crippen molar-refractivity contribution >= 4 is 15.9 Å². The Hall–Kier alpha value is -0.640. The van der Waals surface area contributed by atoms with Gasteiger partial charge < -0.3 is 5.21 Å². The fourth-order valence-electron chi connectivity index (χ4n) is 0.641. The lowest BCUT2D eigenvalue weighted by atomic mass is 10.4. The molecule has 0 radical (unpaired) electrons. The summed E-state index contributed by atoms with van der Waals surface area (Å²) in [5.41, 5.74) is 1.48. The molecular formula is C6H7BrN2O. The molecule has 54 valence electrons. The van der Waals surface area contributed by atoms with E-state index in [1.165, 1.54) is 6.33 Å². The second kappa shape index (κ2) is 2.54. The first-order chi connectivity index (χ1) is 4.63. The summed E-state index contributed by atoms with van der Waals surface area (Å²) >= 11 is 3.25. The van der Waals surface area contributed by atoms with Crippen LogP contribution in [0.4, 0.5) is 0 Å². The molecule has 0 saturated heterocycles. The van der Waals surface area contributed by atoms with Gasteiger partial charge in [0.15, 0.2) is 5.69 Å². The van der Waals surface area contributed by atoms with Crippen molar-refractivity contribution in [2.45, 2.75) is 13.8 Å². The van der Waals surface area contributed by atoms with Gasteiger partial charge in [0.2, 0.25) is 0 Å². The van der Waals surface area contributed by atoms with Crippen molar-refractivity contribution in [2.75, 3.05) is 0 Å². The molecule has 4 heteroatoms. The molecule has 10 heavy (non-hydrogen) atoms. The van der Waals surface area contributed by atoms with Gasteiger partial charge in [-0.1, -0.05) is 4.98 Å². The van der Waals surface area contributed by atoms with Crippen LogP contribution in [-0.2, 0) is 0 Å². The van der Waals surface area contributed by atoms with Crippen molar-refractivity contribution in [2.24, 2.45) is 0 Å². The number of aromatic nitrogens is 2. The van der Waals surface area contributed by atoms with Crippen LogP contribution >= 0.6 is 15.9 Å². The quantitative estimate of drug-likeness (QED) is 0.467. The SMILES string of the molecule is Cc1nc[n+]([O-])c(C)c1Br. The molecule has 0 aliphatic rings. The maximum absolute atomic E-state index is 10.8. The zero-order chi connectivity index (χ0) is 7.72. The zero-order valence-corrected chi connectivity index (χ0v) is 7.34. The highest BCUT2D eigenvalue weighted by molar-refractivity contribution is 9.10. The Labute approximate surface area is 67.4 Å². The standard InChI is InChI=1S/C6H7BrN2O/c1-4-6(7)5(2)9(10)3-8-4/h3H,1-2H3. The summed E-state index contributed by atoms with van der Waals surface area (Å²) < 4.78 is 1.52. The number of hydrogen-bond acceptors (Lipinski definition) is 2. The third kappa shape index (κ3) is 1.11. The van der Waals surface area contributed by atoms with Gasteiger partial charge in [0, 0.05) is 6.92 Å². The topological polar surface area (TPSA) is 39.8 Å². The Morgan fingerprint density at radius 3 is 2.70 bits per heavy atom. The lowest BCUT2D eigenvalue weighted by Crippen LogP contribution is -2.31. The molecule has 1 aromatic heterocycles. The van der Waals surface area contributed by atoms with Crippen LogP contribution in [0.5, 0.6) is 0 Å². The highest BCUT2D eigenvalue weighted by atomic mass is 79.9. The van der Waals surface area contributed by atoms with E-state index < -0.39 is 0 Å². The minimum Gasteiger partial charge on any atom is -0.711 e. The molecule has 0 aliphatic carbocycles. The van der Waals surface area contributed by atoms with Gasteiger partial charge in [-0.15, -0.1) is 0 Å². The van der Waals surface area contributed by atoms with Crippen molar-refractivity contribution in [1.29, 1.82) is 0 Å². The maximum Gasteiger partial charge on any atom is 0.289 e. The van der Waals surface area contributed by atoms with Crippen LogP contribution in [0.15, 0.2) is 10.8 Å². The third-order valence-corrected chi connectivity index (χ3v) is 2.47. The molecule has 0 spiro atoms. The fourth-order valence-corrected chi connectivity index (χ4v) is 0.918. The molecule has 1 rings (SSSR count). The molecule has 0 aliphatic heterocycles. The van der Waals surface area contributed by atoms with Crippen LogP contribution in [-0.4, -0.2) is 4.98 Å². The summed E-state index contributed by atoms with van der Waals surface area (Å²) in [4.78, 5) is 3.84. The van der Waals surface area contributed by atoms with Gasteiger partial charge in [-0.25, -0.2) is 4.73 Å². The van der Waals surface area contributed by atoms with Crippen molar-refractivity contribution in [3.8, 4) is 0 Å². The van der Waals surface area contributed by atoms with E-state index in [4.69, 9.17) is 0 Å². The van der Waals surface area contributed by atoms with Crippen LogP contribution in [0, 0.1) is 19.1 Å². The average Bonchev–Trinajstić information content (AvgIpc) is 1.93. The van der Waals surface area contributed by atoms with E-state index in [1.807, 2.05) is 6.92 Å². The number of nitrogens with zero attached hydrogens (tertiary/aromatic N) is 2. The Kier molecular flexibility index (Phi) is 1.89. The second-order valence-corrected chi connectivity index (χ2v) is 2.85. The Bertz CT molecular complexity index is 235. The fraction of sp³-hybridized carbons (Fsp3) is 0.333. The van der Waals surface area contributed by atoms with Crippen LogP contribution in [0.2, 0.25) is 0 Å². The molecule has 0 fully saturated rings. The van der Waals surface area contributed by atoms with Crippen LogP contribution < -0.4 is 4.73 Å². The molecule has 0 saturated carbocycles. The maximum atomic E-state index is 10.8. The molecule has 0 aromatic carbocycles. The lowest BCUT2D eigenvalue weighted by molar-refractivity contribution is -0.616. The van der Waals surface area contributed by atoms with Crippen LogP contribution in [0.25, 0.3) is 0 Å². The lowest BCUT2D eigenvalue weighted by Gasteiger charge is -2.04. The van der Waals surface area contributed by atoms with E-state index >= 15 is 0 Å². The van der Waals surface area contributed by atoms with Gasteiger partial charge in [0.1, 0.15) is 10.2 Å². The van der Waals surface area contributed by atoms with E-state index in [0.29, 0.717) is 5.69 Å². The highest BCUT2D eigenvalue weighted by Crippen LogP contribution is 2.13. The number of aryl methyl sites for hydroxylation is 1. The average molecular weight is 203 g/mol. The van der Waals surface area contributed by atoms with E-state index in [1.54, 1.807) is 6.92 Å². The van der Waals surface area contributed by atoms with Gasteiger partial charge in [0.25, 0.3) is 6.33 Å². The normalized spacial score (nSPS) is 9.90. The molecule has 0 bridgehead atoms. The first-order valence-electron chi connectivity index (χ1n) is 2.84.